The van der Waals surface area contributed by atoms with Crippen LogP contribution in [-0.4, -0.2) is 15.0 Å². The third-order valence-electron chi connectivity index (χ3n) is 2.75. The number of hydrogen-bond donors (Lipinski definition) is 0. The molecule has 0 saturated carbocycles. The summed E-state index contributed by atoms with van der Waals surface area (Å²) in [5.74, 6) is 0. The summed E-state index contributed by atoms with van der Waals surface area (Å²) in [4.78, 5) is 12.9. The molecule has 2 aromatic heterocycles. The summed E-state index contributed by atoms with van der Waals surface area (Å²) in [7, 11) is 0. The standard InChI is InChI=1S/C14H10ClN3/c1-9-8-11(13-14(15)17-7-6-16-13)10-4-2-3-5-12(10)18-9/h2-8H,1H3. The molecule has 3 rings (SSSR count). The van der Waals surface area contributed by atoms with Crippen LogP contribution >= 0.6 is 11.6 Å². The highest BCUT2D eigenvalue weighted by molar-refractivity contribution is 6.32. The predicted molar refractivity (Wildman–Crippen MR) is 72.5 cm³/mol. The fourth-order valence-electron chi connectivity index (χ4n) is 2.01. The molecular formula is C14H10ClN3. The van der Waals surface area contributed by atoms with Gasteiger partial charge < -0.3 is 0 Å². The van der Waals surface area contributed by atoms with Crippen molar-refractivity contribution in [2.24, 2.45) is 0 Å². The molecule has 0 amide bonds. The lowest BCUT2D eigenvalue weighted by atomic mass is 10.1. The molecule has 0 atom stereocenters. The maximum absolute atomic E-state index is 6.12. The molecule has 0 aliphatic rings. The van der Waals surface area contributed by atoms with Crippen molar-refractivity contribution in [1.82, 2.24) is 15.0 Å². The number of pyridine rings is 1. The van der Waals surface area contributed by atoms with E-state index in [1.807, 2.05) is 37.3 Å². The Morgan fingerprint density at radius 1 is 1.06 bits per heavy atom. The van der Waals surface area contributed by atoms with Crippen LogP contribution in [-0.2, 0) is 0 Å². The molecule has 4 heteroatoms. The zero-order valence-electron chi connectivity index (χ0n) is 9.76. The maximum Gasteiger partial charge on any atom is 0.155 e. The average molecular weight is 256 g/mol. The first-order valence-electron chi connectivity index (χ1n) is 5.59. The second-order valence-electron chi connectivity index (χ2n) is 4.02. The fraction of sp³-hybridized carbons (Fsp3) is 0.0714. The Bertz CT molecular complexity index is 725. The molecule has 0 fully saturated rings. The Hall–Kier alpha value is -2.00. The Kier molecular flexibility index (Phi) is 2.68. The molecule has 3 aromatic rings. The van der Waals surface area contributed by atoms with Gasteiger partial charge in [0.1, 0.15) is 5.69 Å². The highest BCUT2D eigenvalue weighted by atomic mass is 35.5. The molecule has 88 valence electrons. The predicted octanol–water partition coefficient (Wildman–Crippen LogP) is 3.65. The second-order valence-corrected chi connectivity index (χ2v) is 4.38. The first kappa shape index (κ1) is 11.1. The van der Waals surface area contributed by atoms with Crippen molar-refractivity contribution >= 4 is 22.5 Å². The Morgan fingerprint density at radius 3 is 2.67 bits per heavy atom. The molecule has 0 saturated heterocycles. The molecule has 0 bridgehead atoms. The summed E-state index contributed by atoms with van der Waals surface area (Å²) in [6.07, 6.45) is 3.23. The summed E-state index contributed by atoms with van der Waals surface area (Å²) in [5.41, 5.74) is 3.54. The van der Waals surface area contributed by atoms with Gasteiger partial charge in [-0.15, -0.1) is 0 Å². The molecule has 0 radical (unpaired) electrons. The van der Waals surface area contributed by atoms with Gasteiger partial charge in [0.15, 0.2) is 5.15 Å². The lowest BCUT2D eigenvalue weighted by Gasteiger charge is -2.07. The van der Waals surface area contributed by atoms with Crippen molar-refractivity contribution in [3.63, 3.8) is 0 Å². The SMILES string of the molecule is Cc1cc(-c2nccnc2Cl)c2ccccc2n1. The molecule has 1 aromatic carbocycles. The zero-order valence-corrected chi connectivity index (χ0v) is 10.5. The number of nitrogens with zero attached hydrogens (tertiary/aromatic N) is 3. The van der Waals surface area contributed by atoms with E-state index in [4.69, 9.17) is 11.6 Å². The van der Waals surface area contributed by atoms with Crippen LogP contribution in [0.3, 0.4) is 0 Å². The Labute approximate surface area is 109 Å². The van der Waals surface area contributed by atoms with Crippen LogP contribution in [0.5, 0.6) is 0 Å². The zero-order chi connectivity index (χ0) is 12.5. The smallest absolute Gasteiger partial charge is 0.155 e. The van der Waals surface area contributed by atoms with Crippen LogP contribution in [0.1, 0.15) is 5.69 Å². The van der Waals surface area contributed by atoms with Gasteiger partial charge >= 0.3 is 0 Å². The number of para-hydroxylation sites is 1. The van der Waals surface area contributed by atoms with Gasteiger partial charge in [-0.05, 0) is 19.1 Å². The van der Waals surface area contributed by atoms with E-state index >= 15 is 0 Å². The van der Waals surface area contributed by atoms with Crippen molar-refractivity contribution in [3.8, 4) is 11.3 Å². The normalized spacial score (nSPS) is 10.8. The van der Waals surface area contributed by atoms with E-state index in [0.29, 0.717) is 10.8 Å². The van der Waals surface area contributed by atoms with Crippen LogP contribution in [0.15, 0.2) is 42.7 Å². The molecule has 0 N–H and O–H groups in total. The van der Waals surface area contributed by atoms with Gasteiger partial charge in [-0.1, -0.05) is 29.8 Å². The number of benzene rings is 1. The van der Waals surface area contributed by atoms with Crippen LogP contribution in [0.2, 0.25) is 5.15 Å². The molecular weight excluding hydrogens is 246 g/mol. The van der Waals surface area contributed by atoms with Crippen molar-refractivity contribution in [3.05, 3.63) is 53.6 Å². The Balaban J connectivity index is 2.39. The average Bonchev–Trinajstić information content (AvgIpc) is 2.38. The monoisotopic (exact) mass is 255 g/mol. The number of aromatic nitrogens is 3. The minimum absolute atomic E-state index is 0.410. The molecule has 3 nitrogen and oxygen atoms in total. The first-order chi connectivity index (χ1) is 8.75. The highest BCUT2D eigenvalue weighted by Crippen LogP contribution is 2.30. The van der Waals surface area contributed by atoms with Crippen LogP contribution in [0.4, 0.5) is 0 Å². The van der Waals surface area contributed by atoms with Crippen molar-refractivity contribution in [2.45, 2.75) is 6.92 Å². The minimum atomic E-state index is 0.410. The van der Waals surface area contributed by atoms with Gasteiger partial charge in [0.2, 0.25) is 0 Å². The summed E-state index contributed by atoms with van der Waals surface area (Å²) in [6.45, 7) is 1.96. The maximum atomic E-state index is 6.12. The van der Waals surface area contributed by atoms with E-state index in [0.717, 1.165) is 22.2 Å². The van der Waals surface area contributed by atoms with E-state index in [9.17, 15) is 0 Å². The summed E-state index contributed by atoms with van der Waals surface area (Å²) < 4.78 is 0. The molecule has 0 aliphatic carbocycles. The van der Waals surface area contributed by atoms with E-state index in [2.05, 4.69) is 15.0 Å². The quantitative estimate of drug-likeness (QED) is 0.666. The third-order valence-corrected chi connectivity index (χ3v) is 3.03. The first-order valence-corrected chi connectivity index (χ1v) is 5.97. The topological polar surface area (TPSA) is 38.7 Å². The molecule has 0 spiro atoms. The lowest BCUT2D eigenvalue weighted by Crippen LogP contribution is -1.92. The third kappa shape index (κ3) is 1.83. The van der Waals surface area contributed by atoms with E-state index in [1.165, 1.54) is 0 Å². The largest absolute Gasteiger partial charge is 0.253 e. The molecule has 0 unspecified atom stereocenters. The fourth-order valence-corrected chi connectivity index (χ4v) is 2.21. The summed E-state index contributed by atoms with van der Waals surface area (Å²) in [6, 6.07) is 9.93. The Morgan fingerprint density at radius 2 is 1.83 bits per heavy atom. The van der Waals surface area contributed by atoms with Gasteiger partial charge in [0.05, 0.1) is 5.52 Å². The van der Waals surface area contributed by atoms with Gasteiger partial charge in [0.25, 0.3) is 0 Å². The van der Waals surface area contributed by atoms with Crippen LogP contribution in [0.25, 0.3) is 22.2 Å². The minimum Gasteiger partial charge on any atom is -0.253 e. The molecule has 18 heavy (non-hydrogen) atoms. The number of aryl methyl sites for hydroxylation is 1. The van der Waals surface area contributed by atoms with Gasteiger partial charge in [-0.25, -0.2) is 4.98 Å². The van der Waals surface area contributed by atoms with Crippen molar-refractivity contribution in [2.75, 3.05) is 0 Å². The van der Waals surface area contributed by atoms with Crippen LogP contribution in [0, 0.1) is 6.92 Å². The number of halogens is 1. The van der Waals surface area contributed by atoms with E-state index < -0.39 is 0 Å². The number of fused-ring (bicyclic) bond motifs is 1. The van der Waals surface area contributed by atoms with Gasteiger partial charge in [-0.2, -0.15) is 0 Å². The van der Waals surface area contributed by atoms with Crippen molar-refractivity contribution < 1.29 is 0 Å². The summed E-state index contributed by atoms with van der Waals surface area (Å²) in [5, 5.41) is 1.44. The number of hydrogen-bond acceptors (Lipinski definition) is 3. The number of rotatable bonds is 1. The lowest BCUT2D eigenvalue weighted by molar-refractivity contribution is 1.20. The summed E-state index contributed by atoms with van der Waals surface area (Å²) >= 11 is 6.12. The van der Waals surface area contributed by atoms with Crippen LogP contribution < -0.4 is 0 Å². The van der Waals surface area contributed by atoms with Crippen molar-refractivity contribution in [1.29, 1.82) is 0 Å². The molecule has 2 heterocycles. The van der Waals surface area contributed by atoms with E-state index in [1.54, 1.807) is 12.4 Å². The second kappa shape index (κ2) is 4.35. The van der Waals surface area contributed by atoms with Gasteiger partial charge in [0, 0.05) is 29.0 Å². The molecule has 0 aliphatic heterocycles. The van der Waals surface area contributed by atoms with E-state index in [-0.39, 0.29) is 0 Å². The highest BCUT2D eigenvalue weighted by Gasteiger charge is 2.10. The van der Waals surface area contributed by atoms with Gasteiger partial charge in [-0.3, -0.25) is 9.97 Å².